The lowest BCUT2D eigenvalue weighted by Crippen LogP contribution is -2.53. The van der Waals surface area contributed by atoms with Crippen molar-refractivity contribution in [1.82, 2.24) is 0 Å². The van der Waals surface area contributed by atoms with Crippen LogP contribution in [0.15, 0.2) is 60.7 Å². The summed E-state index contributed by atoms with van der Waals surface area (Å²) in [4.78, 5) is 13.3. The summed E-state index contributed by atoms with van der Waals surface area (Å²) in [5, 5.41) is 13.9. The Bertz CT molecular complexity index is 1500. The second kappa shape index (κ2) is 14.1. The number of carbonyl (C=O) groups is 1. The molecule has 2 unspecified atom stereocenters. The van der Waals surface area contributed by atoms with E-state index in [1.807, 2.05) is 48.5 Å². The van der Waals surface area contributed by atoms with Gasteiger partial charge in [0.1, 0.15) is 11.3 Å². The van der Waals surface area contributed by atoms with Gasteiger partial charge in [-0.2, -0.15) is 0 Å². The fourth-order valence-corrected chi connectivity index (χ4v) is 7.89. The third-order valence-electron chi connectivity index (χ3n) is 10.2. The number of hydrogen-bond donors (Lipinski definition) is 2. The highest BCUT2D eigenvalue weighted by Gasteiger charge is 2.54. The quantitative estimate of drug-likeness (QED) is 0.221. The lowest BCUT2D eigenvalue weighted by molar-refractivity contribution is -0.148. The second-order valence-corrected chi connectivity index (χ2v) is 13.4. The van der Waals surface area contributed by atoms with Crippen LogP contribution in [-0.2, 0) is 32.7 Å². The molecule has 0 saturated heterocycles. The summed E-state index contributed by atoms with van der Waals surface area (Å²) in [6.45, 7) is 2.23. The molecule has 2 N–H and O–H groups in total. The molecule has 6 rings (SSSR count). The van der Waals surface area contributed by atoms with Crippen LogP contribution in [0.3, 0.4) is 0 Å². The van der Waals surface area contributed by atoms with Gasteiger partial charge >= 0.3 is 5.97 Å². The van der Waals surface area contributed by atoms with Gasteiger partial charge in [-0.1, -0.05) is 29.8 Å². The molecular weight excluding hydrogens is 606 g/mol. The van der Waals surface area contributed by atoms with E-state index in [1.165, 1.54) is 18.2 Å². The number of ether oxygens (including phenoxy) is 5. The average Bonchev–Trinajstić information content (AvgIpc) is 3.21. The molecule has 2 atom stereocenters. The summed E-state index contributed by atoms with van der Waals surface area (Å²) in [6, 6.07) is 19.7. The van der Waals surface area contributed by atoms with Crippen molar-refractivity contribution in [2.45, 2.75) is 62.5 Å². The number of hydrogen-bond acceptors (Lipinski definition) is 8. The van der Waals surface area contributed by atoms with Gasteiger partial charge in [-0.15, -0.1) is 0 Å². The van der Waals surface area contributed by atoms with E-state index in [1.54, 1.807) is 7.11 Å². The van der Waals surface area contributed by atoms with Gasteiger partial charge in [0, 0.05) is 17.3 Å². The number of nitrogens with one attached hydrogen (secondary N) is 1. The summed E-state index contributed by atoms with van der Waals surface area (Å²) in [6.07, 6.45) is 5.41. The van der Waals surface area contributed by atoms with Crippen LogP contribution in [-0.4, -0.2) is 57.3 Å². The molecule has 1 aliphatic heterocycles. The van der Waals surface area contributed by atoms with Crippen molar-refractivity contribution < 1.29 is 33.6 Å². The number of rotatable bonds is 11. The Kier molecular flexibility index (Phi) is 9.97. The van der Waals surface area contributed by atoms with Crippen molar-refractivity contribution in [2.24, 2.45) is 11.8 Å². The number of aliphatic hydroxyl groups is 1. The van der Waals surface area contributed by atoms with E-state index in [9.17, 15) is 9.90 Å². The minimum Gasteiger partial charge on any atom is -0.497 e. The predicted octanol–water partition coefficient (Wildman–Crippen LogP) is 6.73. The van der Waals surface area contributed by atoms with Crippen LogP contribution in [0.1, 0.15) is 55.2 Å². The number of carbonyl (C=O) groups excluding carboxylic acids is 1. The normalized spacial score (nSPS) is 25.0. The SMILES string of the molecule is COC(=O)C1(Nc2cccc(Cl)c2)CCC2(CC1)c1cc3c(cc1CC2CCCO)OCC(COCc1ccc(OC)cc1)CO3. The number of fused-ring (bicyclic) bond motifs is 3. The first-order valence-corrected chi connectivity index (χ1v) is 16.6. The molecule has 46 heavy (non-hydrogen) atoms. The molecule has 0 bridgehead atoms. The molecule has 9 heteroatoms. The van der Waals surface area contributed by atoms with E-state index in [0.717, 1.165) is 60.6 Å². The van der Waals surface area contributed by atoms with Crippen LogP contribution in [0.2, 0.25) is 5.02 Å². The molecule has 0 aromatic heterocycles. The maximum absolute atomic E-state index is 13.3. The number of anilines is 1. The standard InChI is InChI=1S/C37H44ClNO7/c1-42-31-10-8-25(9-11-31)21-44-22-26-23-45-33-18-27-17-28(5-4-16-40)36(32(27)20-34(33)46-24-26)12-14-37(15-13-36,35(41)43-2)39-30-7-3-6-29(38)19-30/h3,6-11,18-20,26,28,39-40H,4-5,12-17,21-24H2,1-2H3. The fourth-order valence-electron chi connectivity index (χ4n) is 7.70. The summed E-state index contributed by atoms with van der Waals surface area (Å²) in [5.74, 6) is 2.55. The van der Waals surface area contributed by atoms with Gasteiger partial charge in [-0.05, 0) is 115 Å². The van der Waals surface area contributed by atoms with Gasteiger partial charge in [0.15, 0.2) is 11.5 Å². The maximum Gasteiger partial charge on any atom is 0.331 e. The van der Waals surface area contributed by atoms with Crippen LogP contribution in [0.5, 0.6) is 17.2 Å². The summed E-state index contributed by atoms with van der Waals surface area (Å²) >= 11 is 6.27. The molecule has 0 amide bonds. The first-order chi connectivity index (χ1) is 22.4. The Hall–Kier alpha value is -3.46. The van der Waals surface area contributed by atoms with Gasteiger partial charge in [-0.3, -0.25) is 0 Å². The number of halogens is 1. The number of methoxy groups -OCH3 is 2. The zero-order chi connectivity index (χ0) is 32.1. The minimum absolute atomic E-state index is 0.0969. The second-order valence-electron chi connectivity index (χ2n) is 12.9. The Morgan fingerprint density at radius 3 is 2.41 bits per heavy atom. The fraction of sp³-hybridized carbons (Fsp3) is 0.486. The number of aliphatic hydroxyl groups excluding tert-OH is 1. The molecule has 1 fully saturated rings. The highest BCUT2D eigenvalue weighted by Crippen LogP contribution is 2.57. The van der Waals surface area contributed by atoms with E-state index in [0.29, 0.717) is 50.2 Å². The molecule has 3 aliphatic rings. The van der Waals surface area contributed by atoms with Crippen LogP contribution < -0.4 is 19.5 Å². The molecule has 8 nitrogen and oxygen atoms in total. The Balaban J connectivity index is 1.18. The van der Waals surface area contributed by atoms with Crippen LogP contribution in [0.4, 0.5) is 5.69 Å². The first-order valence-electron chi connectivity index (χ1n) is 16.2. The van der Waals surface area contributed by atoms with E-state index in [4.69, 9.17) is 35.3 Å². The van der Waals surface area contributed by atoms with E-state index in [2.05, 4.69) is 17.4 Å². The highest BCUT2D eigenvalue weighted by molar-refractivity contribution is 6.30. The van der Waals surface area contributed by atoms with Gasteiger partial charge in [-0.25, -0.2) is 4.79 Å². The van der Waals surface area contributed by atoms with Crippen molar-refractivity contribution in [2.75, 3.05) is 46.0 Å². The van der Waals surface area contributed by atoms with Gasteiger partial charge in [0.05, 0.1) is 46.6 Å². The van der Waals surface area contributed by atoms with Gasteiger partial charge in [0.2, 0.25) is 0 Å². The molecular formula is C37H44ClNO7. The summed E-state index contributed by atoms with van der Waals surface area (Å²) in [7, 11) is 3.11. The lowest BCUT2D eigenvalue weighted by atomic mass is 9.60. The molecule has 1 heterocycles. The molecule has 246 valence electrons. The smallest absolute Gasteiger partial charge is 0.331 e. The lowest BCUT2D eigenvalue weighted by Gasteiger charge is -2.47. The topological polar surface area (TPSA) is 95.5 Å². The average molecular weight is 650 g/mol. The van der Waals surface area contributed by atoms with Crippen molar-refractivity contribution in [1.29, 1.82) is 0 Å². The zero-order valence-electron chi connectivity index (χ0n) is 26.7. The summed E-state index contributed by atoms with van der Waals surface area (Å²) in [5.41, 5.74) is 3.46. The molecule has 1 saturated carbocycles. The molecule has 0 radical (unpaired) electrons. The molecule has 3 aromatic rings. The summed E-state index contributed by atoms with van der Waals surface area (Å²) < 4.78 is 29.3. The molecule has 3 aromatic carbocycles. The predicted molar refractivity (Wildman–Crippen MR) is 177 cm³/mol. The zero-order valence-corrected chi connectivity index (χ0v) is 27.4. The Morgan fingerprint density at radius 1 is 1.00 bits per heavy atom. The van der Waals surface area contributed by atoms with Crippen LogP contribution in [0, 0.1) is 11.8 Å². The monoisotopic (exact) mass is 649 g/mol. The van der Waals surface area contributed by atoms with Crippen molar-refractivity contribution >= 4 is 23.3 Å². The largest absolute Gasteiger partial charge is 0.497 e. The van der Waals surface area contributed by atoms with Gasteiger partial charge < -0.3 is 34.1 Å². The number of benzene rings is 3. The van der Waals surface area contributed by atoms with E-state index < -0.39 is 5.54 Å². The molecule has 1 spiro atoms. The maximum atomic E-state index is 13.3. The van der Waals surface area contributed by atoms with Crippen molar-refractivity contribution in [3.8, 4) is 17.2 Å². The van der Waals surface area contributed by atoms with Crippen LogP contribution >= 0.6 is 11.6 Å². The Morgan fingerprint density at radius 2 is 1.74 bits per heavy atom. The molecule has 2 aliphatic carbocycles. The van der Waals surface area contributed by atoms with Crippen molar-refractivity contribution in [3.05, 3.63) is 82.4 Å². The highest BCUT2D eigenvalue weighted by atomic mass is 35.5. The van der Waals surface area contributed by atoms with E-state index in [-0.39, 0.29) is 23.9 Å². The third kappa shape index (κ3) is 6.66. The minimum atomic E-state index is -0.848. The first kappa shape index (κ1) is 32.5. The van der Waals surface area contributed by atoms with Crippen molar-refractivity contribution in [3.63, 3.8) is 0 Å². The van der Waals surface area contributed by atoms with Gasteiger partial charge in [0.25, 0.3) is 0 Å². The third-order valence-corrected chi connectivity index (χ3v) is 10.4. The van der Waals surface area contributed by atoms with E-state index >= 15 is 0 Å². The Labute approximate surface area is 276 Å². The van der Waals surface area contributed by atoms with Crippen LogP contribution in [0.25, 0.3) is 0 Å². The number of esters is 1.